The van der Waals surface area contributed by atoms with Crippen LogP contribution in [-0.2, 0) is 15.0 Å². The summed E-state index contributed by atoms with van der Waals surface area (Å²) >= 11 is 0. The summed E-state index contributed by atoms with van der Waals surface area (Å²) in [5.41, 5.74) is -1.12. The second-order valence-electron chi connectivity index (χ2n) is 4.29. The van der Waals surface area contributed by atoms with Gasteiger partial charge in [-0.25, -0.2) is 4.72 Å². The van der Waals surface area contributed by atoms with Crippen LogP contribution >= 0.6 is 0 Å². The smallest absolute Gasteiger partial charge is 0.310 e. The molecule has 0 aromatic heterocycles. The van der Waals surface area contributed by atoms with Crippen molar-refractivity contribution < 1.29 is 18.3 Å². The molecule has 0 aliphatic heterocycles. The van der Waals surface area contributed by atoms with Gasteiger partial charge in [-0.2, -0.15) is 13.1 Å². The van der Waals surface area contributed by atoms with Gasteiger partial charge in [0.05, 0.1) is 5.41 Å². The Hall–Kier alpha value is -0.660. The number of aliphatic carboxylic acids is 1. The molecular weight excluding hydrogens is 220 g/mol. The van der Waals surface area contributed by atoms with E-state index in [9.17, 15) is 13.2 Å². The second-order valence-corrected chi connectivity index (χ2v) is 5.82. The van der Waals surface area contributed by atoms with Gasteiger partial charge in [-0.1, -0.05) is 0 Å². The van der Waals surface area contributed by atoms with Gasteiger partial charge in [0.2, 0.25) is 0 Å². The van der Waals surface area contributed by atoms with E-state index in [1.54, 1.807) is 13.8 Å². The predicted molar refractivity (Wildman–Crippen MR) is 56.6 cm³/mol. The number of hydrogen-bond acceptors (Lipinski definition) is 3. The normalized spacial score (nSPS) is 13.1. The van der Waals surface area contributed by atoms with Gasteiger partial charge in [0, 0.05) is 12.6 Å². The molecule has 0 aromatic carbocycles. The van der Waals surface area contributed by atoms with Gasteiger partial charge >= 0.3 is 5.97 Å². The molecule has 0 aliphatic carbocycles. The third-order valence-corrected chi connectivity index (χ3v) is 2.98. The number of carboxylic acid groups (broad SMARTS) is 1. The van der Waals surface area contributed by atoms with Crippen LogP contribution in [0, 0.1) is 5.41 Å². The van der Waals surface area contributed by atoms with Crippen molar-refractivity contribution in [3.05, 3.63) is 0 Å². The van der Waals surface area contributed by atoms with E-state index < -0.39 is 21.6 Å². The minimum atomic E-state index is -3.61. The summed E-state index contributed by atoms with van der Waals surface area (Å²) in [5, 5.41) is 8.76. The molecule has 90 valence electrons. The third-order valence-electron chi connectivity index (χ3n) is 1.67. The summed E-state index contributed by atoms with van der Waals surface area (Å²) < 4.78 is 27.1. The molecule has 3 N–H and O–H groups in total. The molecule has 15 heavy (non-hydrogen) atoms. The first-order chi connectivity index (χ1) is 6.57. The first kappa shape index (κ1) is 14.3. The number of nitrogens with one attached hydrogen (secondary N) is 2. The van der Waals surface area contributed by atoms with E-state index in [1.165, 1.54) is 13.8 Å². The number of carboxylic acids is 1. The van der Waals surface area contributed by atoms with Crippen LogP contribution in [0.15, 0.2) is 0 Å². The largest absolute Gasteiger partial charge is 0.481 e. The molecule has 7 heteroatoms. The summed E-state index contributed by atoms with van der Waals surface area (Å²) in [6.45, 7) is 6.12. The number of rotatable bonds is 6. The maximum atomic E-state index is 11.3. The average Bonchev–Trinajstić information content (AvgIpc) is 1.98. The summed E-state index contributed by atoms with van der Waals surface area (Å²) in [6, 6.07) is -0.226. The van der Waals surface area contributed by atoms with Crippen LogP contribution in [0.1, 0.15) is 27.7 Å². The quantitative estimate of drug-likeness (QED) is 0.603. The van der Waals surface area contributed by atoms with Crippen molar-refractivity contribution in [1.82, 2.24) is 9.44 Å². The Morgan fingerprint density at radius 2 is 1.87 bits per heavy atom. The van der Waals surface area contributed by atoms with Gasteiger partial charge in [0.1, 0.15) is 0 Å². The highest BCUT2D eigenvalue weighted by atomic mass is 32.2. The highest BCUT2D eigenvalue weighted by Gasteiger charge is 2.28. The zero-order valence-electron chi connectivity index (χ0n) is 9.36. The molecule has 0 fully saturated rings. The van der Waals surface area contributed by atoms with Crippen LogP contribution in [0.5, 0.6) is 0 Å². The van der Waals surface area contributed by atoms with Gasteiger partial charge in [-0.05, 0) is 27.7 Å². The molecule has 0 rings (SSSR count). The van der Waals surface area contributed by atoms with Crippen molar-refractivity contribution in [3.63, 3.8) is 0 Å². The number of carbonyl (C=O) groups is 1. The third kappa shape index (κ3) is 5.71. The predicted octanol–water partition coefficient (Wildman–Crippen LogP) is -0.0704. The second kappa shape index (κ2) is 4.91. The lowest BCUT2D eigenvalue weighted by molar-refractivity contribution is -0.146. The van der Waals surface area contributed by atoms with Gasteiger partial charge in [-0.3, -0.25) is 4.79 Å². The molecule has 6 nitrogen and oxygen atoms in total. The Bertz CT molecular complexity index is 322. The van der Waals surface area contributed by atoms with Crippen LogP contribution in [0.2, 0.25) is 0 Å². The lowest BCUT2D eigenvalue weighted by Crippen LogP contribution is -2.45. The van der Waals surface area contributed by atoms with Crippen molar-refractivity contribution in [2.75, 3.05) is 6.54 Å². The van der Waals surface area contributed by atoms with E-state index in [0.29, 0.717) is 0 Å². The molecular formula is C8H18N2O4S. The van der Waals surface area contributed by atoms with E-state index in [0.717, 1.165) is 0 Å². The Morgan fingerprint density at radius 3 is 2.20 bits per heavy atom. The minimum absolute atomic E-state index is 0.148. The van der Waals surface area contributed by atoms with E-state index >= 15 is 0 Å². The summed E-state index contributed by atoms with van der Waals surface area (Å²) in [6.07, 6.45) is 0. The van der Waals surface area contributed by atoms with Crippen LogP contribution in [0.3, 0.4) is 0 Å². The minimum Gasteiger partial charge on any atom is -0.481 e. The standard InChI is InChI=1S/C8H18N2O4S/c1-6(2)10-15(13,14)9-5-8(3,4)7(11)12/h6,9-10H,5H2,1-4H3,(H,11,12). The van der Waals surface area contributed by atoms with Crippen LogP contribution in [-0.4, -0.2) is 32.1 Å². The first-order valence-corrected chi connectivity index (χ1v) is 6.05. The summed E-state index contributed by atoms with van der Waals surface area (Å²) in [5.74, 6) is -1.05. The van der Waals surface area contributed by atoms with Crippen molar-refractivity contribution in [2.45, 2.75) is 33.7 Å². The fourth-order valence-electron chi connectivity index (χ4n) is 0.703. The maximum Gasteiger partial charge on any atom is 0.310 e. The summed E-state index contributed by atoms with van der Waals surface area (Å²) in [7, 11) is -3.61. The zero-order valence-corrected chi connectivity index (χ0v) is 10.2. The Labute approximate surface area is 90.2 Å². The molecule has 0 aromatic rings. The Morgan fingerprint density at radius 1 is 1.40 bits per heavy atom. The van der Waals surface area contributed by atoms with Crippen LogP contribution < -0.4 is 9.44 Å². The van der Waals surface area contributed by atoms with Crippen molar-refractivity contribution in [2.24, 2.45) is 5.41 Å². The molecule has 0 saturated carbocycles. The van der Waals surface area contributed by atoms with Gasteiger partial charge in [0.25, 0.3) is 10.2 Å². The van der Waals surface area contributed by atoms with Gasteiger partial charge in [-0.15, -0.1) is 0 Å². The highest BCUT2D eigenvalue weighted by molar-refractivity contribution is 7.87. The maximum absolute atomic E-state index is 11.3. The zero-order chi connectivity index (χ0) is 12.3. The molecule has 0 saturated heterocycles. The van der Waals surface area contributed by atoms with E-state index in [1.807, 2.05) is 0 Å². The highest BCUT2D eigenvalue weighted by Crippen LogP contribution is 2.13. The molecule has 0 heterocycles. The molecule has 0 atom stereocenters. The molecule has 0 amide bonds. The Kier molecular flexibility index (Phi) is 4.69. The first-order valence-electron chi connectivity index (χ1n) is 4.57. The van der Waals surface area contributed by atoms with Gasteiger partial charge in [0.15, 0.2) is 0 Å². The SMILES string of the molecule is CC(C)NS(=O)(=O)NCC(C)(C)C(=O)O. The van der Waals surface area contributed by atoms with Crippen molar-refractivity contribution >= 4 is 16.2 Å². The fraction of sp³-hybridized carbons (Fsp3) is 0.875. The lowest BCUT2D eigenvalue weighted by Gasteiger charge is -2.20. The molecule has 0 bridgehead atoms. The molecule has 0 aliphatic rings. The van der Waals surface area contributed by atoms with E-state index in [2.05, 4.69) is 9.44 Å². The molecule has 0 spiro atoms. The fourth-order valence-corrected chi connectivity index (χ4v) is 1.96. The van der Waals surface area contributed by atoms with Gasteiger partial charge < -0.3 is 5.11 Å². The van der Waals surface area contributed by atoms with Crippen LogP contribution in [0.4, 0.5) is 0 Å². The van der Waals surface area contributed by atoms with E-state index in [4.69, 9.17) is 5.11 Å². The molecule has 0 unspecified atom stereocenters. The number of hydrogen-bond donors (Lipinski definition) is 3. The molecule has 0 radical (unpaired) electrons. The van der Waals surface area contributed by atoms with Crippen molar-refractivity contribution in [1.29, 1.82) is 0 Å². The lowest BCUT2D eigenvalue weighted by atomic mass is 9.95. The average molecular weight is 238 g/mol. The van der Waals surface area contributed by atoms with E-state index in [-0.39, 0.29) is 12.6 Å². The van der Waals surface area contributed by atoms with Crippen LogP contribution in [0.25, 0.3) is 0 Å². The summed E-state index contributed by atoms with van der Waals surface area (Å²) in [4.78, 5) is 10.7. The van der Waals surface area contributed by atoms with Crippen molar-refractivity contribution in [3.8, 4) is 0 Å². The topological polar surface area (TPSA) is 95.5 Å². The monoisotopic (exact) mass is 238 g/mol. The Balaban J connectivity index is 4.34.